The lowest BCUT2D eigenvalue weighted by molar-refractivity contribution is 0.0732. The molecule has 0 saturated heterocycles. The Morgan fingerprint density at radius 2 is 2.11 bits per heavy atom. The number of carbonyl (C=O) groups excluding carboxylic acids is 1. The average molecular weight is 259 g/mol. The standard InChI is InChI=1S/C15H17NOS/c1-10(11-7-8-11)16(2)15(17)14-9-12-5-3-4-6-13(12)18-14/h3-6,9-11H,7-8H2,1-2H3. The van der Waals surface area contributed by atoms with Crippen LogP contribution in [0.25, 0.3) is 10.1 Å². The first kappa shape index (κ1) is 11.7. The molecule has 0 radical (unpaired) electrons. The van der Waals surface area contributed by atoms with Gasteiger partial charge >= 0.3 is 0 Å². The fourth-order valence-corrected chi connectivity index (χ4v) is 3.39. The number of fused-ring (bicyclic) bond motifs is 1. The van der Waals surface area contributed by atoms with E-state index in [1.807, 2.05) is 30.1 Å². The highest BCUT2D eigenvalue weighted by Crippen LogP contribution is 2.35. The quantitative estimate of drug-likeness (QED) is 0.821. The van der Waals surface area contributed by atoms with E-state index in [4.69, 9.17) is 0 Å². The molecule has 94 valence electrons. The fourth-order valence-electron chi connectivity index (χ4n) is 2.34. The number of carbonyl (C=O) groups is 1. The maximum Gasteiger partial charge on any atom is 0.263 e. The second kappa shape index (κ2) is 4.39. The smallest absolute Gasteiger partial charge is 0.263 e. The topological polar surface area (TPSA) is 20.3 Å². The van der Waals surface area contributed by atoms with Crippen LogP contribution in [0.5, 0.6) is 0 Å². The molecule has 0 spiro atoms. The molecule has 1 fully saturated rings. The molecule has 1 amide bonds. The highest BCUT2D eigenvalue weighted by Gasteiger charge is 2.33. The first-order valence-corrected chi connectivity index (χ1v) is 7.24. The third-order valence-corrected chi connectivity index (χ3v) is 4.98. The van der Waals surface area contributed by atoms with E-state index in [1.165, 1.54) is 22.9 Å². The second-order valence-corrected chi connectivity index (χ2v) is 6.23. The largest absolute Gasteiger partial charge is 0.338 e. The average Bonchev–Trinajstić information content (AvgIpc) is 3.14. The van der Waals surface area contributed by atoms with Crippen molar-refractivity contribution in [1.29, 1.82) is 0 Å². The summed E-state index contributed by atoms with van der Waals surface area (Å²) in [7, 11) is 1.93. The Morgan fingerprint density at radius 1 is 1.39 bits per heavy atom. The molecule has 0 N–H and O–H groups in total. The summed E-state index contributed by atoms with van der Waals surface area (Å²) in [5.74, 6) is 0.879. The monoisotopic (exact) mass is 259 g/mol. The van der Waals surface area contributed by atoms with Gasteiger partial charge in [-0.15, -0.1) is 11.3 Å². The third kappa shape index (κ3) is 2.03. The Bertz CT molecular complexity index is 552. The molecule has 1 atom stereocenters. The molecular formula is C15H17NOS. The van der Waals surface area contributed by atoms with Crippen LogP contribution in [0.3, 0.4) is 0 Å². The molecule has 3 rings (SSSR count). The predicted octanol–water partition coefficient (Wildman–Crippen LogP) is 3.77. The van der Waals surface area contributed by atoms with Gasteiger partial charge in [0.25, 0.3) is 5.91 Å². The number of hydrogen-bond acceptors (Lipinski definition) is 2. The number of rotatable bonds is 3. The van der Waals surface area contributed by atoms with Crippen molar-refractivity contribution in [3.05, 3.63) is 35.2 Å². The lowest BCUT2D eigenvalue weighted by Gasteiger charge is -2.24. The van der Waals surface area contributed by atoms with Crippen LogP contribution in [0, 0.1) is 5.92 Å². The Kier molecular flexibility index (Phi) is 2.86. The van der Waals surface area contributed by atoms with Gasteiger partial charge in [0, 0.05) is 17.8 Å². The third-order valence-electron chi connectivity index (χ3n) is 3.87. The maximum absolute atomic E-state index is 12.4. The summed E-state index contributed by atoms with van der Waals surface area (Å²) < 4.78 is 1.19. The van der Waals surface area contributed by atoms with Gasteiger partial charge in [0.2, 0.25) is 0 Å². The van der Waals surface area contributed by atoms with E-state index in [1.54, 1.807) is 11.3 Å². The summed E-state index contributed by atoms with van der Waals surface area (Å²) in [4.78, 5) is 15.2. The highest BCUT2D eigenvalue weighted by molar-refractivity contribution is 7.20. The molecule has 1 heterocycles. The number of nitrogens with zero attached hydrogens (tertiary/aromatic N) is 1. The van der Waals surface area contributed by atoms with Gasteiger partial charge in [0.05, 0.1) is 4.88 Å². The minimum atomic E-state index is 0.163. The summed E-state index contributed by atoms with van der Waals surface area (Å²) in [5.41, 5.74) is 0. The normalized spacial score (nSPS) is 16.8. The zero-order chi connectivity index (χ0) is 12.7. The van der Waals surface area contributed by atoms with Crippen LogP contribution in [0.4, 0.5) is 0 Å². The molecule has 1 aliphatic carbocycles. The van der Waals surface area contributed by atoms with E-state index in [2.05, 4.69) is 19.1 Å². The van der Waals surface area contributed by atoms with E-state index in [0.29, 0.717) is 12.0 Å². The summed E-state index contributed by atoms with van der Waals surface area (Å²) >= 11 is 1.59. The van der Waals surface area contributed by atoms with Crippen molar-refractivity contribution in [3.8, 4) is 0 Å². The minimum Gasteiger partial charge on any atom is -0.338 e. The van der Waals surface area contributed by atoms with Gasteiger partial charge in [-0.1, -0.05) is 18.2 Å². The van der Waals surface area contributed by atoms with Crippen molar-refractivity contribution in [1.82, 2.24) is 4.90 Å². The summed E-state index contributed by atoms with van der Waals surface area (Å²) in [6, 6.07) is 10.5. The van der Waals surface area contributed by atoms with Gasteiger partial charge in [0.1, 0.15) is 0 Å². The Labute approximate surface area is 111 Å². The Morgan fingerprint density at radius 3 is 2.78 bits per heavy atom. The molecule has 1 aromatic heterocycles. The molecule has 1 aliphatic rings. The Hall–Kier alpha value is -1.35. The van der Waals surface area contributed by atoms with Crippen LogP contribution in [-0.2, 0) is 0 Å². The molecule has 1 aromatic carbocycles. The van der Waals surface area contributed by atoms with Crippen LogP contribution in [0.1, 0.15) is 29.4 Å². The van der Waals surface area contributed by atoms with Crippen LogP contribution in [0.15, 0.2) is 30.3 Å². The van der Waals surface area contributed by atoms with E-state index in [9.17, 15) is 4.79 Å². The highest BCUT2D eigenvalue weighted by atomic mass is 32.1. The molecule has 18 heavy (non-hydrogen) atoms. The SMILES string of the molecule is CC(C1CC1)N(C)C(=O)c1cc2ccccc2s1. The van der Waals surface area contributed by atoms with Gasteiger partial charge in [0.15, 0.2) is 0 Å². The number of benzene rings is 1. The maximum atomic E-state index is 12.4. The molecule has 1 unspecified atom stereocenters. The molecule has 3 heteroatoms. The first-order valence-electron chi connectivity index (χ1n) is 6.42. The Balaban J connectivity index is 1.86. The van der Waals surface area contributed by atoms with E-state index < -0.39 is 0 Å². The van der Waals surface area contributed by atoms with Crippen LogP contribution in [-0.4, -0.2) is 23.9 Å². The van der Waals surface area contributed by atoms with Gasteiger partial charge < -0.3 is 4.90 Å². The summed E-state index contributed by atoms with van der Waals surface area (Å²) in [6.45, 7) is 2.16. The molecule has 1 saturated carbocycles. The van der Waals surface area contributed by atoms with E-state index >= 15 is 0 Å². The van der Waals surface area contributed by atoms with Crippen molar-refractivity contribution in [3.63, 3.8) is 0 Å². The van der Waals surface area contributed by atoms with Crippen molar-refractivity contribution in [2.24, 2.45) is 5.92 Å². The summed E-state index contributed by atoms with van der Waals surface area (Å²) in [5, 5.41) is 1.17. The van der Waals surface area contributed by atoms with E-state index in [-0.39, 0.29) is 5.91 Å². The second-order valence-electron chi connectivity index (χ2n) is 5.14. The van der Waals surface area contributed by atoms with Crippen molar-refractivity contribution in [2.45, 2.75) is 25.8 Å². The molecule has 0 aliphatic heterocycles. The van der Waals surface area contributed by atoms with Gasteiger partial charge in [-0.05, 0) is 43.2 Å². The first-order chi connectivity index (χ1) is 8.66. The molecule has 0 bridgehead atoms. The van der Waals surface area contributed by atoms with Crippen LogP contribution in [0.2, 0.25) is 0 Å². The van der Waals surface area contributed by atoms with Crippen molar-refractivity contribution >= 4 is 27.3 Å². The van der Waals surface area contributed by atoms with Gasteiger partial charge in [-0.3, -0.25) is 4.79 Å². The number of amides is 1. The lowest BCUT2D eigenvalue weighted by atomic mass is 10.2. The van der Waals surface area contributed by atoms with Gasteiger partial charge in [-0.25, -0.2) is 0 Å². The molecular weight excluding hydrogens is 242 g/mol. The van der Waals surface area contributed by atoms with Crippen molar-refractivity contribution in [2.75, 3.05) is 7.05 Å². The zero-order valence-electron chi connectivity index (χ0n) is 10.7. The number of thiophene rings is 1. The predicted molar refractivity (Wildman–Crippen MR) is 76.1 cm³/mol. The fraction of sp³-hybridized carbons (Fsp3) is 0.400. The molecule has 2 aromatic rings. The summed E-state index contributed by atoms with van der Waals surface area (Å²) in [6.07, 6.45) is 2.54. The lowest BCUT2D eigenvalue weighted by Crippen LogP contribution is -2.35. The zero-order valence-corrected chi connectivity index (χ0v) is 11.5. The van der Waals surface area contributed by atoms with Gasteiger partial charge in [-0.2, -0.15) is 0 Å². The molecule has 2 nitrogen and oxygen atoms in total. The minimum absolute atomic E-state index is 0.163. The van der Waals surface area contributed by atoms with Crippen LogP contribution >= 0.6 is 11.3 Å². The van der Waals surface area contributed by atoms with Crippen LogP contribution < -0.4 is 0 Å². The number of hydrogen-bond donors (Lipinski definition) is 0. The van der Waals surface area contributed by atoms with Crippen molar-refractivity contribution < 1.29 is 4.79 Å². The van der Waals surface area contributed by atoms with E-state index in [0.717, 1.165) is 4.88 Å².